The van der Waals surface area contributed by atoms with E-state index in [-0.39, 0.29) is 11.5 Å². The molecule has 0 saturated heterocycles. The van der Waals surface area contributed by atoms with Gasteiger partial charge in [-0.05, 0) is 99.4 Å². The van der Waals surface area contributed by atoms with Crippen LogP contribution in [0.25, 0.3) is 0 Å². The molecule has 1 aliphatic heterocycles. The molecular weight excluding hydrogens is 549 g/mol. The number of unbranched alkanes of at least 4 members (excludes halogenated alkanes) is 2. The van der Waals surface area contributed by atoms with Gasteiger partial charge in [0.05, 0.1) is 6.61 Å². The summed E-state index contributed by atoms with van der Waals surface area (Å²) in [4.78, 5) is 0. The Morgan fingerprint density at radius 2 is 1.50 bits per heavy atom. The van der Waals surface area contributed by atoms with Crippen molar-refractivity contribution in [2.24, 2.45) is 5.92 Å². The number of fused-ring (bicyclic) bond motifs is 3. The van der Waals surface area contributed by atoms with Gasteiger partial charge in [0.1, 0.15) is 17.1 Å². The first-order chi connectivity index (χ1) is 20.0. The van der Waals surface area contributed by atoms with Crippen LogP contribution in [0.15, 0.2) is 84.4 Å². The van der Waals surface area contributed by atoms with Crippen molar-refractivity contribution in [2.45, 2.75) is 97.0 Å². The Kier molecular flexibility index (Phi) is 9.22. The van der Waals surface area contributed by atoms with E-state index in [9.17, 15) is 0 Å². The van der Waals surface area contributed by atoms with Gasteiger partial charge in [-0.15, -0.1) is 0 Å². The molecule has 0 radical (unpaired) electrons. The Bertz CT molecular complexity index is 1380. The molecule has 0 spiro atoms. The summed E-state index contributed by atoms with van der Waals surface area (Å²) in [5, 5.41) is 2.65. The lowest BCUT2D eigenvalue weighted by molar-refractivity contribution is 0.0104. The molecule has 5 rings (SSSR count). The van der Waals surface area contributed by atoms with Crippen molar-refractivity contribution in [3.63, 3.8) is 0 Å². The van der Waals surface area contributed by atoms with Crippen LogP contribution in [0.3, 0.4) is 0 Å². The van der Waals surface area contributed by atoms with Crippen molar-refractivity contribution >= 4 is 27.0 Å². The molecule has 42 heavy (non-hydrogen) atoms. The zero-order valence-electron chi connectivity index (χ0n) is 26.8. The molecule has 1 heterocycles. The third-order valence-corrected chi connectivity index (χ3v) is 14.4. The fraction of sp³-hybridized carbons (Fsp3) is 0.459. The number of benzene rings is 3. The smallest absolute Gasteiger partial charge is 0.276 e. The predicted octanol–water partition coefficient (Wildman–Crippen LogP) is 8.63. The van der Waals surface area contributed by atoms with Gasteiger partial charge >= 0.3 is 0 Å². The maximum absolute atomic E-state index is 7.16. The second-order valence-corrected chi connectivity index (χ2v) is 21.5. The van der Waals surface area contributed by atoms with Crippen LogP contribution in [0.2, 0.25) is 26.2 Å². The highest BCUT2D eigenvalue weighted by atomic mass is 28.4. The third kappa shape index (κ3) is 6.79. The molecule has 3 aromatic rings. The molecule has 3 aromatic carbocycles. The summed E-state index contributed by atoms with van der Waals surface area (Å²) in [6.45, 7) is 16.8. The van der Waals surface area contributed by atoms with Crippen molar-refractivity contribution in [1.82, 2.24) is 0 Å². The molecule has 1 aliphatic carbocycles. The van der Waals surface area contributed by atoms with Crippen LogP contribution < -0.4 is 19.5 Å². The van der Waals surface area contributed by atoms with E-state index in [4.69, 9.17) is 13.6 Å². The van der Waals surface area contributed by atoms with Crippen LogP contribution in [-0.2, 0) is 10.8 Å². The average molecular weight is 599 g/mol. The molecule has 0 saturated carbocycles. The molecule has 0 aromatic heterocycles. The standard InChI is InChI=1S/C37H50O3Si2/c1-8-9-12-17-28-25-34-36(35(26-28)40-42(6,7)31-20-15-11-16-21-31)32-24-29(22-23-33(32)37(2,3)39-34)27-38-41(4,5)30-18-13-10-14-19-30/h10-11,13-16,18-21,24-26,32-33H,8-9,12,17,22-23,27H2,1-7H3. The molecule has 0 bridgehead atoms. The Labute approximate surface area is 256 Å². The summed E-state index contributed by atoms with van der Waals surface area (Å²) in [7, 11) is -4.22. The minimum Gasteiger partial charge on any atom is -0.539 e. The van der Waals surface area contributed by atoms with Gasteiger partial charge in [-0.3, -0.25) is 0 Å². The van der Waals surface area contributed by atoms with E-state index >= 15 is 0 Å². The van der Waals surface area contributed by atoms with Crippen LogP contribution in [0.4, 0.5) is 0 Å². The molecule has 224 valence electrons. The Balaban J connectivity index is 1.52. The lowest BCUT2D eigenvalue weighted by Gasteiger charge is -2.47. The molecule has 0 amide bonds. The number of allylic oxidation sites excluding steroid dienone is 1. The Morgan fingerprint density at radius 3 is 2.14 bits per heavy atom. The topological polar surface area (TPSA) is 27.7 Å². The highest BCUT2D eigenvalue weighted by Gasteiger charge is 2.46. The number of rotatable bonds is 11. The number of hydrogen-bond donors (Lipinski definition) is 0. The Hall–Kier alpha value is -2.61. The average Bonchev–Trinajstić information content (AvgIpc) is 2.96. The van der Waals surface area contributed by atoms with Gasteiger partial charge in [-0.2, -0.15) is 0 Å². The van der Waals surface area contributed by atoms with Crippen LogP contribution >= 0.6 is 0 Å². The summed E-state index contributed by atoms with van der Waals surface area (Å²) in [5.41, 5.74) is 3.73. The van der Waals surface area contributed by atoms with Crippen LogP contribution in [0.1, 0.15) is 69.9 Å². The van der Waals surface area contributed by atoms with Crippen molar-refractivity contribution in [1.29, 1.82) is 0 Å². The van der Waals surface area contributed by atoms with Crippen LogP contribution in [0.5, 0.6) is 11.5 Å². The maximum atomic E-state index is 7.16. The first-order valence-electron chi connectivity index (χ1n) is 16.0. The van der Waals surface area contributed by atoms with E-state index < -0.39 is 16.6 Å². The summed E-state index contributed by atoms with van der Waals surface area (Å²) in [6.07, 6.45) is 9.36. The summed E-state index contributed by atoms with van der Waals surface area (Å²) < 4.78 is 20.8. The second kappa shape index (κ2) is 12.6. The van der Waals surface area contributed by atoms with Crippen molar-refractivity contribution in [2.75, 3.05) is 6.61 Å². The predicted molar refractivity (Wildman–Crippen MR) is 182 cm³/mol. The minimum absolute atomic E-state index is 0.246. The molecule has 2 atom stereocenters. The van der Waals surface area contributed by atoms with E-state index in [0.29, 0.717) is 12.5 Å². The van der Waals surface area contributed by atoms with E-state index in [1.165, 1.54) is 46.3 Å². The third-order valence-electron chi connectivity index (χ3n) is 9.38. The van der Waals surface area contributed by atoms with E-state index in [0.717, 1.165) is 30.8 Å². The normalized spacial score (nSPS) is 19.7. The lowest BCUT2D eigenvalue weighted by atomic mass is 9.68. The van der Waals surface area contributed by atoms with Gasteiger partial charge in [-0.25, -0.2) is 0 Å². The van der Waals surface area contributed by atoms with Gasteiger partial charge in [0.15, 0.2) is 0 Å². The number of aryl methyl sites for hydroxylation is 1. The fourth-order valence-corrected chi connectivity index (χ4v) is 10.3. The minimum atomic E-state index is -2.22. The lowest BCUT2D eigenvalue weighted by Crippen LogP contribution is -2.49. The number of hydrogen-bond acceptors (Lipinski definition) is 3. The van der Waals surface area contributed by atoms with Gasteiger partial charge in [0.25, 0.3) is 8.32 Å². The monoisotopic (exact) mass is 598 g/mol. The van der Waals surface area contributed by atoms with Crippen molar-refractivity contribution in [3.05, 3.63) is 95.6 Å². The largest absolute Gasteiger partial charge is 0.539 e. The Morgan fingerprint density at radius 1 is 0.857 bits per heavy atom. The van der Waals surface area contributed by atoms with E-state index in [1.54, 1.807) is 0 Å². The summed E-state index contributed by atoms with van der Waals surface area (Å²) >= 11 is 0. The van der Waals surface area contributed by atoms with Crippen LogP contribution in [-0.4, -0.2) is 28.8 Å². The zero-order chi connectivity index (χ0) is 30.0. The van der Waals surface area contributed by atoms with Gasteiger partial charge in [0.2, 0.25) is 8.32 Å². The van der Waals surface area contributed by atoms with Gasteiger partial charge < -0.3 is 13.6 Å². The molecule has 0 N–H and O–H groups in total. The SMILES string of the molecule is CCCCCc1cc2c(c(O[Si](C)(C)c3ccccc3)c1)C1C=C(CO[Si](C)(C)c3ccccc3)CCC1C(C)(C)O2. The molecule has 2 aliphatic rings. The highest BCUT2D eigenvalue weighted by molar-refractivity contribution is 6.85. The molecule has 2 unspecified atom stereocenters. The fourth-order valence-electron chi connectivity index (χ4n) is 6.76. The summed E-state index contributed by atoms with van der Waals surface area (Å²) in [5.74, 6) is 2.68. The summed E-state index contributed by atoms with van der Waals surface area (Å²) in [6, 6.07) is 26.2. The van der Waals surface area contributed by atoms with Crippen LogP contribution in [0, 0.1) is 5.92 Å². The zero-order valence-corrected chi connectivity index (χ0v) is 28.8. The van der Waals surface area contributed by atoms with Crippen molar-refractivity contribution in [3.8, 4) is 11.5 Å². The molecular formula is C37H50O3Si2. The van der Waals surface area contributed by atoms with E-state index in [2.05, 4.69) is 126 Å². The van der Waals surface area contributed by atoms with Crippen molar-refractivity contribution < 1.29 is 13.6 Å². The molecule has 5 heteroatoms. The van der Waals surface area contributed by atoms with Gasteiger partial charge in [-0.1, -0.05) is 86.5 Å². The quantitative estimate of drug-likeness (QED) is 0.126. The molecule has 3 nitrogen and oxygen atoms in total. The number of ether oxygens (including phenoxy) is 1. The van der Waals surface area contributed by atoms with E-state index in [1.807, 2.05) is 0 Å². The maximum Gasteiger partial charge on any atom is 0.276 e. The molecule has 0 fully saturated rings. The second-order valence-electron chi connectivity index (χ2n) is 13.8. The van der Waals surface area contributed by atoms with Gasteiger partial charge in [0, 0.05) is 17.4 Å². The first-order valence-corrected chi connectivity index (χ1v) is 21.8. The first kappa shape index (κ1) is 30.8. The highest BCUT2D eigenvalue weighted by Crippen LogP contribution is 2.54.